The minimum atomic E-state index is -4.39. The first-order chi connectivity index (χ1) is 7.88. The number of carbonyl (C=O) groups is 1. The Hall–Kier alpha value is -0.820. The monoisotopic (exact) mass is 254 g/mol. The Labute approximate surface area is 97.6 Å². The van der Waals surface area contributed by atoms with Gasteiger partial charge in [-0.15, -0.1) is 0 Å². The zero-order valence-corrected chi connectivity index (χ0v) is 9.39. The van der Waals surface area contributed by atoms with Crippen molar-refractivity contribution in [3.8, 4) is 0 Å². The molecular weight excluding hydrogens is 237 g/mol. The zero-order valence-electron chi connectivity index (χ0n) is 9.39. The quantitative estimate of drug-likeness (QED) is 0.687. The summed E-state index contributed by atoms with van der Waals surface area (Å²) in [4.78, 5) is 11.1. The Morgan fingerprint density at radius 3 is 2.53 bits per heavy atom. The van der Waals surface area contributed by atoms with E-state index in [2.05, 4.69) is 5.32 Å². The van der Waals surface area contributed by atoms with E-state index < -0.39 is 24.7 Å². The lowest BCUT2D eigenvalue weighted by atomic mass is 9.93. The highest BCUT2D eigenvalue weighted by Gasteiger charge is 2.28. The maximum atomic E-state index is 11.8. The van der Waals surface area contributed by atoms with Gasteiger partial charge in [-0.05, 0) is 12.8 Å². The van der Waals surface area contributed by atoms with Gasteiger partial charge in [-0.2, -0.15) is 13.2 Å². The Kier molecular flexibility index (Phi) is 5.20. The number of rotatable bonds is 4. The molecule has 3 N–H and O–H groups in total. The number of carbonyl (C=O) groups excluding carboxylic acids is 1. The molecule has 17 heavy (non-hydrogen) atoms. The summed E-state index contributed by atoms with van der Waals surface area (Å²) < 4.78 is 35.4. The number of aliphatic hydroxyl groups excluding tert-OH is 1. The normalized spacial score (nSPS) is 25.6. The van der Waals surface area contributed by atoms with E-state index in [0.29, 0.717) is 6.42 Å². The first-order valence-electron chi connectivity index (χ1n) is 5.63. The molecule has 0 aliphatic heterocycles. The van der Waals surface area contributed by atoms with Crippen molar-refractivity contribution in [3.63, 3.8) is 0 Å². The van der Waals surface area contributed by atoms with Crippen molar-refractivity contribution in [2.75, 3.05) is 13.1 Å². The van der Waals surface area contributed by atoms with Gasteiger partial charge < -0.3 is 15.7 Å². The summed E-state index contributed by atoms with van der Waals surface area (Å²) in [6.07, 6.45) is -1.59. The van der Waals surface area contributed by atoms with Crippen LogP contribution in [0, 0.1) is 0 Å². The molecule has 0 aromatic rings. The van der Waals surface area contributed by atoms with Gasteiger partial charge in [-0.3, -0.25) is 4.79 Å². The summed E-state index contributed by atoms with van der Waals surface area (Å²) in [6.45, 7) is -1.52. The maximum absolute atomic E-state index is 11.8. The van der Waals surface area contributed by atoms with Crippen LogP contribution in [-0.4, -0.2) is 42.4 Å². The number of nitrogens with one attached hydrogen (secondary N) is 2. The average molecular weight is 254 g/mol. The summed E-state index contributed by atoms with van der Waals surface area (Å²) >= 11 is 0. The number of amides is 1. The van der Waals surface area contributed by atoms with Crippen molar-refractivity contribution in [3.05, 3.63) is 0 Å². The molecule has 0 bridgehead atoms. The average Bonchev–Trinajstić information content (AvgIpc) is 2.24. The molecule has 100 valence electrons. The second-order valence-electron chi connectivity index (χ2n) is 4.23. The van der Waals surface area contributed by atoms with E-state index in [9.17, 15) is 23.1 Å². The van der Waals surface area contributed by atoms with Gasteiger partial charge in [0.05, 0.1) is 12.6 Å². The highest BCUT2D eigenvalue weighted by Crippen LogP contribution is 2.18. The highest BCUT2D eigenvalue weighted by atomic mass is 19.4. The van der Waals surface area contributed by atoms with Gasteiger partial charge in [0.1, 0.15) is 6.54 Å². The lowest BCUT2D eigenvalue weighted by molar-refractivity contribution is -0.138. The molecule has 2 atom stereocenters. The Balaban J connectivity index is 2.19. The van der Waals surface area contributed by atoms with Crippen molar-refractivity contribution < 1.29 is 23.1 Å². The molecule has 0 saturated heterocycles. The zero-order chi connectivity index (χ0) is 12.9. The van der Waals surface area contributed by atoms with Crippen molar-refractivity contribution in [2.24, 2.45) is 0 Å². The topological polar surface area (TPSA) is 61.4 Å². The first-order valence-corrected chi connectivity index (χ1v) is 5.63. The molecule has 1 aliphatic rings. The minimum Gasteiger partial charge on any atom is -0.392 e. The van der Waals surface area contributed by atoms with E-state index >= 15 is 0 Å². The highest BCUT2D eigenvalue weighted by molar-refractivity contribution is 5.78. The molecule has 1 saturated carbocycles. The van der Waals surface area contributed by atoms with Gasteiger partial charge in [0.2, 0.25) is 5.91 Å². The Bertz CT molecular complexity index is 258. The second kappa shape index (κ2) is 6.20. The van der Waals surface area contributed by atoms with E-state index in [1.807, 2.05) is 0 Å². The Morgan fingerprint density at radius 2 is 1.94 bits per heavy atom. The summed E-state index contributed by atoms with van der Waals surface area (Å²) in [5.41, 5.74) is 0. The third-order valence-corrected chi connectivity index (χ3v) is 2.74. The van der Waals surface area contributed by atoms with Crippen molar-refractivity contribution in [1.29, 1.82) is 0 Å². The first kappa shape index (κ1) is 14.2. The molecule has 1 fully saturated rings. The van der Waals surface area contributed by atoms with Crippen LogP contribution in [0.2, 0.25) is 0 Å². The molecular formula is C10H17F3N2O2. The van der Waals surface area contributed by atoms with Crippen LogP contribution in [0.15, 0.2) is 0 Å². The van der Waals surface area contributed by atoms with Crippen LogP contribution in [0.1, 0.15) is 25.7 Å². The van der Waals surface area contributed by atoms with Gasteiger partial charge in [0.15, 0.2) is 0 Å². The fraction of sp³-hybridized carbons (Fsp3) is 0.900. The van der Waals surface area contributed by atoms with Gasteiger partial charge in [-0.25, -0.2) is 0 Å². The number of hydrogen-bond acceptors (Lipinski definition) is 3. The van der Waals surface area contributed by atoms with Crippen LogP contribution >= 0.6 is 0 Å². The van der Waals surface area contributed by atoms with Gasteiger partial charge >= 0.3 is 6.18 Å². The summed E-state index contributed by atoms with van der Waals surface area (Å²) in [6, 6.07) is -0.194. The standard InChI is InChI=1S/C10H17F3N2O2/c11-10(12,13)6-15-9(17)5-14-7-3-1-2-4-8(7)16/h7-8,14,16H,1-6H2,(H,15,17). The fourth-order valence-electron chi connectivity index (χ4n) is 1.83. The number of halogens is 3. The van der Waals surface area contributed by atoms with E-state index in [-0.39, 0.29) is 12.6 Å². The summed E-state index contributed by atoms with van der Waals surface area (Å²) in [5, 5.41) is 14.1. The summed E-state index contributed by atoms with van der Waals surface area (Å²) in [7, 11) is 0. The fourth-order valence-corrected chi connectivity index (χ4v) is 1.83. The van der Waals surface area contributed by atoms with E-state index in [1.165, 1.54) is 0 Å². The molecule has 4 nitrogen and oxygen atoms in total. The molecule has 0 radical (unpaired) electrons. The molecule has 1 rings (SSSR count). The van der Waals surface area contributed by atoms with E-state index in [0.717, 1.165) is 19.3 Å². The lowest BCUT2D eigenvalue weighted by Crippen LogP contribution is -2.47. The van der Waals surface area contributed by atoms with Crippen molar-refractivity contribution in [2.45, 2.75) is 44.0 Å². The molecule has 0 aromatic carbocycles. The lowest BCUT2D eigenvalue weighted by Gasteiger charge is -2.28. The minimum absolute atomic E-state index is 0.194. The number of aliphatic hydroxyl groups is 1. The molecule has 1 aliphatic carbocycles. The molecule has 0 spiro atoms. The SMILES string of the molecule is O=C(CNC1CCCCC1O)NCC(F)(F)F. The van der Waals surface area contributed by atoms with Crippen LogP contribution < -0.4 is 10.6 Å². The molecule has 7 heteroatoms. The third-order valence-electron chi connectivity index (χ3n) is 2.74. The largest absolute Gasteiger partial charge is 0.405 e. The second-order valence-corrected chi connectivity index (χ2v) is 4.23. The van der Waals surface area contributed by atoms with Gasteiger partial charge in [0.25, 0.3) is 0 Å². The predicted molar refractivity (Wildman–Crippen MR) is 55.3 cm³/mol. The summed E-state index contributed by atoms with van der Waals surface area (Å²) in [5.74, 6) is -0.708. The number of hydrogen-bond donors (Lipinski definition) is 3. The number of alkyl halides is 3. The molecule has 0 heterocycles. The molecule has 2 unspecified atom stereocenters. The van der Waals surface area contributed by atoms with Crippen molar-refractivity contribution in [1.82, 2.24) is 10.6 Å². The van der Waals surface area contributed by atoms with Crippen LogP contribution in [0.4, 0.5) is 13.2 Å². The Morgan fingerprint density at radius 1 is 1.29 bits per heavy atom. The maximum Gasteiger partial charge on any atom is 0.405 e. The van der Waals surface area contributed by atoms with Crippen molar-refractivity contribution >= 4 is 5.91 Å². The van der Waals surface area contributed by atoms with Crippen LogP contribution in [-0.2, 0) is 4.79 Å². The van der Waals surface area contributed by atoms with Crippen LogP contribution in [0.3, 0.4) is 0 Å². The van der Waals surface area contributed by atoms with E-state index in [1.54, 1.807) is 5.32 Å². The predicted octanol–water partition coefficient (Wildman–Crippen LogP) is 0.558. The smallest absolute Gasteiger partial charge is 0.392 e. The van der Waals surface area contributed by atoms with Crippen LogP contribution in [0.25, 0.3) is 0 Å². The van der Waals surface area contributed by atoms with Gasteiger partial charge in [0, 0.05) is 6.04 Å². The molecule has 1 amide bonds. The third kappa shape index (κ3) is 5.88. The van der Waals surface area contributed by atoms with E-state index in [4.69, 9.17) is 0 Å². The molecule has 0 aromatic heterocycles. The van der Waals surface area contributed by atoms with Gasteiger partial charge in [-0.1, -0.05) is 12.8 Å². The van der Waals surface area contributed by atoms with Crippen LogP contribution in [0.5, 0.6) is 0 Å².